The normalized spacial score (nSPS) is 11.5. The van der Waals surface area contributed by atoms with Crippen LogP contribution in [0.25, 0.3) is 22.6 Å². The van der Waals surface area contributed by atoms with Gasteiger partial charge >= 0.3 is 0 Å². The van der Waals surface area contributed by atoms with Crippen molar-refractivity contribution in [3.63, 3.8) is 0 Å². The lowest BCUT2D eigenvalue weighted by atomic mass is 10.1. The number of aromatic hydroxyl groups is 1. The van der Waals surface area contributed by atoms with Gasteiger partial charge in [0.25, 0.3) is 5.69 Å². The van der Waals surface area contributed by atoms with Crippen molar-refractivity contribution in [3.8, 4) is 17.2 Å². The molecule has 0 aliphatic heterocycles. The standard InChI is InChI=1S/C20H8F5N3O4/c21-15-14(16(22)18(24)19(25)17(15)23)20-27-11-6-9(1-4-13(11)32-20)26-7-8-5-10(28(30)31)2-3-12(8)29/h1-7,29H. The van der Waals surface area contributed by atoms with Crippen LogP contribution in [0.4, 0.5) is 33.3 Å². The van der Waals surface area contributed by atoms with E-state index in [1.807, 2.05) is 0 Å². The molecule has 0 bridgehead atoms. The van der Waals surface area contributed by atoms with Crippen LogP contribution in [0.2, 0.25) is 0 Å². The second-order valence-corrected chi connectivity index (χ2v) is 6.37. The van der Waals surface area contributed by atoms with Crippen LogP contribution >= 0.6 is 0 Å². The van der Waals surface area contributed by atoms with Gasteiger partial charge in [0.2, 0.25) is 11.7 Å². The summed E-state index contributed by atoms with van der Waals surface area (Å²) in [6, 6.07) is 7.26. The molecule has 4 aromatic rings. The van der Waals surface area contributed by atoms with Crippen molar-refractivity contribution in [2.45, 2.75) is 0 Å². The van der Waals surface area contributed by atoms with Gasteiger partial charge < -0.3 is 9.52 Å². The maximum Gasteiger partial charge on any atom is 0.270 e. The number of fused-ring (bicyclic) bond motifs is 1. The maximum absolute atomic E-state index is 14.0. The minimum atomic E-state index is -2.30. The third kappa shape index (κ3) is 3.51. The Hall–Kier alpha value is -4.35. The Morgan fingerprint density at radius 1 is 0.969 bits per heavy atom. The summed E-state index contributed by atoms with van der Waals surface area (Å²) in [5.74, 6) is -11.9. The van der Waals surface area contributed by atoms with Gasteiger partial charge in [0, 0.05) is 23.9 Å². The minimum absolute atomic E-state index is 0.0122. The number of phenolic OH excluding ortho intramolecular Hbond substituents is 1. The zero-order valence-corrected chi connectivity index (χ0v) is 15.4. The maximum atomic E-state index is 14.0. The molecule has 0 saturated carbocycles. The molecule has 1 N–H and O–H groups in total. The third-order valence-electron chi connectivity index (χ3n) is 4.37. The van der Waals surface area contributed by atoms with E-state index in [-0.39, 0.29) is 33.8 Å². The Bertz CT molecular complexity index is 1410. The highest BCUT2D eigenvalue weighted by molar-refractivity contribution is 5.87. The van der Waals surface area contributed by atoms with Gasteiger partial charge in [0.1, 0.15) is 16.8 Å². The van der Waals surface area contributed by atoms with Crippen molar-refractivity contribution in [2.24, 2.45) is 4.99 Å². The Morgan fingerprint density at radius 3 is 2.28 bits per heavy atom. The van der Waals surface area contributed by atoms with Crippen LogP contribution < -0.4 is 0 Å². The first-order chi connectivity index (χ1) is 15.2. The molecule has 0 atom stereocenters. The number of aliphatic imine (C=N–C) groups is 1. The number of nitro groups is 1. The number of nitro benzene ring substituents is 1. The number of rotatable bonds is 4. The van der Waals surface area contributed by atoms with Gasteiger partial charge in [-0.25, -0.2) is 26.9 Å². The van der Waals surface area contributed by atoms with E-state index in [2.05, 4.69) is 9.98 Å². The summed E-state index contributed by atoms with van der Waals surface area (Å²) >= 11 is 0. The van der Waals surface area contributed by atoms with Crippen LogP contribution in [-0.4, -0.2) is 21.2 Å². The number of phenols is 1. The Labute approximate surface area is 174 Å². The fourth-order valence-electron chi connectivity index (χ4n) is 2.80. The van der Waals surface area contributed by atoms with Gasteiger partial charge in [0.15, 0.2) is 28.9 Å². The molecular formula is C20H8F5N3O4. The summed E-state index contributed by atoms with van der Waals surface area (Å²) in [4.78, 5) is 18.0. The molecule has 0 fully saturated rings. The van der Waals surface area contributed by atoms with Crippen molar-refractivity contribution in [1.29, 1.82) is 0 Å². The fourth-order valence-corrected chi connectivity index (χ4v) is 2.80. The number of halogens is 5. The van der Waals surface area contributed by atoms with Crippen molar-refractivity contribution in [1.82, 2.24) is 4.98 Å². The molecule has 12 heteroatoms. The van der Waals surface area contributed by atoms with Gasteiger partial charge in [-0.3, -0.25) is 15.1 Å². The first kappa shape index (κ1) is 20.9. The predicted octanol–water partition coefficient (Wildman–Crippen LogP) is 5.55. The molecule has 1 heterocycles. The summed E-state index contributed by atoms with van der Waals surface area (Å²) in [6.07, 6.45) is 1.13. The molecule has 32 heavy (non-hydrogen) atoms. The van der Waals surface area contributed by atoms with Crippen molar-refractivity contribution in [2.75, 3.05) is 0 Å². The second kappa shape index (κ2) is 7.72. The number of non-ortho nitro benzene ring substituents is 1. The van der Waals surface area contributed by atoms with E-state index in [0.717, 1.165) is 24.4 Å². The summed E-state index contributed by atoms with van der Waals surface area (Å²) in [5, 5.41) is 20.7. The topological polar surface area (TPSA) is 102 Å². The smallest absolute Gasteiger partial charge is 0.270 e. The van der Waals surface area contributed by atoms with E-state index < -0.39 is 45.5 Å². The fraction of sp³-hybridized carbons (Fsp3) is 0. The van der Waals surface area contributed by atoms with Crippen LogP contribution in [0, 0.1) is 39.2 Å². The average molecular weight is 449 g/mol. The molecule has 0 aliphatic carbocycles. The zero-order valence-electron chi connectivity index (χ0n) is 15.4. The number of oxazole rings is 1. The molecule has 0 radical (unpaired) electrons. The molecule has 0 saturated heterocycles. The highest BCUT2D eigenvalue weighted by atomic mass is 19.2. The summed E-state index contributed by atoms with van der Waals surface area (Å²) < 4.78 is 73.3. The van der Waals surface area contributed by atoms with E-state index in [9.17, 15) is 37.2 Å². The lowest BCUT2D eigenvalue weighted by Crippen LogP contribution is -2.04. The van der Waals surface area contributed by atoms with Crippen LogP contribution in [-0.2, 0) is 0 Å². The highest BCUT2D eigenvalue weighted by Crippen LogP contribution is 2.34. The van der Waals surface area contributed by atoms with E-state index in [0.29, 0.717) is 0 Å². The second-order valence-electron chi connectivity index (χ2n) is 6.37. The third-order valence-corrected chi connectivity index (χ3v) is 4.37. The number of nitrogens with zero attached hydrogens (tertiary/aromatic N) is 3. The Kier molecular flexibility index (Phi) is 5.04. The van der Waals surface area contributed by atoms with E-state index in [1.54, 1.807) is 0 Å². The SMILES string of the molecule is O=[N+]([O-])c1ccc(O)c(C=Nc2ccc3oc(-c4c(F)c(F)c(F)c(F)c4F)nc3c2)c1. The van der Waals surface area contributed by atoms with Gasteiger partial charge in [-0.15, -0.1) is 0 Å². The van der Waals surface area contributed by atoms with Crippen LogP contribution in [0.1, 0.15) is 5.56 Å². The molecule has 162 valence electrons. The Balaban J connectivity index is 1.74. The summed E-state index contributed by atoms with van der Waals surface area (Å²) in [5.41, 5.74) is -1.39. The van der Waals surface area contributed by atoms with Crippen molar-refractivity contribution < 1.29 is 36.4 Å². The van der Waals surface area contributed by atoms with Crippen molar-refractivity contribution >= 4 is 28.7 Å². The summed E-state index contributed by atoms with van der Waals surface area (Å²) in [6.45, 7) is 0. The largest absolute Gasteiger partial charge is 0.507 e. The molecule has 0 unspecified atom stereocenters. The van der Waals surface area contributed by atoms with E-state index in [1.165, 1.54) is 18.2 Å². The van der Waals surface area contributed by atoms with Crippen LogP contribution in [0.3, 0.4) is 0 Å². The van der Waals surface area contributed by atoms with Gasteiger partial charge in [-0.1, -0.05) is 0 Å². The lowest BCUT2D eigenvalue weighted by molar-refractivity contribution is -0.384. The first-order valence-corrected chi connectivity index (χ1v) is 8.61. The minimum Gasteiger partial charge on any atom is -0.507 e. The molecular weight excluding hydrogens is 441 g/mol. The van der Waals surface area contributed by atoms with E-state index >= 15 is 0 Å². The molecule has 4 rings (SSSR count). The average Bonchev–Trinajstić information content (AvgIpc) is 3.18. The molecule has 0 aliphatic rings. The van der Waals surface area contributed by atoms with Crippen LogP contribution in [0.15, 0.2) is 45.8 Å². The van der Waals surface area contributed by atoms with Gasteiger partial charge in [0.05, 0.1) is 10.6 Å². The first-order valence-electron chi connectivity index (χ1n) is 8.61. The van der Waals surface area contributed by atoms with Crippen LogP contribution in [0.5, 0.6) is 5.75 Å². The monoisotopic (exact) mass is 449 g/mol. The zero-order chi connectivity index (χ0) is 23.2. The summed E-state index contributed by atoms with van der Waals surface area (Å²) in [7, 11) is 0. The molecule has 0 spiro atoms. The molecule has 7 nitrogen and oxygen atoms in total. The lowest BCUT2D eigenvalue weighted by Gasteiger charge is -2.04. The number of hydrogen-bond acceptors (Lipinski definition) is 6. The van der Waals surface area contributed by atoms with E-state index in [4.69, 9.17) is 4.42 Å². The molecule has 0 amide bonds. The Morgan fingerprint density at radius 2 is 1.62 bits per heavy atom. The quantitative estimate of drug-likeness (QED) is 0.110. The number of hydrogen-bond donors (Lipinski definition) is 1. The van der Waals surface area contributed by atoms with Gasteiger partial charge in [-0.05, 0) is 24.3 Å². The predicted molar refractivity (Wildman–Crippen MR) is 101 cm³/mol. The van der Waals surface area contributed by atoms with Gasteiger partial charge in [-0.2, -0.15) is 0 Å². The van der Waals surface area contributed by atoms with Crippen molar-refractivity contribution in [3.05, 3.63) is 81.2 Å². The molecule has 3 aromatic carbocycles. The number of benzene rings is 3. The number of aromatic nitrogens is 1. The molecule has 1 aromatic heterocycles. The highest BCUT2D eigenvalue weighted by Gasteiger charge is 2.29.